The van der Waals surface area contributed by atoms with Gasteiger partial charge in [-0.25, -0.2) is 0 Å². The number of anilines is 3. The van der Waals surface area contributed by atoms with Crippen molar-refractivity contribution in [3.8, 4) is 11.5 Å². The molecule has 0 spiro atoms. The molecule has 0 radical (unpaired) electrons. The number of carbonyl (C=O) groups excluding carboxylic acids is 1. The predicted molar refractivity (Wildman–Crippen MR) is 127 cm³/mol. The number of hydrogen-bond acceptors (Lipinski definition) is 6. The molecule has 1 fully saturated rings. The molecule has 1 N–H and O–H groups in total. The summed E-state index contributed by atoms with van der Waals surface area (Å²) in [6, 6.07) is 11.7. The summed E-state index contributed by atoms with van der Waals surface area (Å²) in [5.41, 5.74) is 3.99. The highest BCUT2D eigenvalue weighted by Crippen LogP contribution is 2.40. The van der Waals surface area contributed by atoms with E-state index in [1.807, 2.05) is 56.0 Å². The van der Waals surface area contributed by atoms with Crippen LogP contribution in [-0.2, 0) is 16.0 Å². The van der Waals surface area contributed by atoms with Gasteiger partial charge >= 0.3 is 0 Å². The van der Waals surface area contributed by atoms with E-state index >= 15 is 0 Å². The van der Waals surface area contributed by atoms with E-state index in [1.165, 1.54) is 5.56 Å². The molecule has 2 aliphatic rings. The fraction of sp³-hybridized carbons (Fsp3) is 0.480. The van der Waals surface area contributed by atoms with Crippen molar-refractivity contribution in [2.45, 2.75) is 33.2 Å². The van der Waals surface area contributed by atoms with Crippen molar-refractivity contribution in [1.82, 2.24) is 0 Å². The number of hydrogen-bond donors (Lipinski definition) is 1. The van der Waals surface area contributed by atoms with E-state index in [9.17, 15) is 4.79 Å². The molecule has 32 heavy (non-hydrogen) atoms. The van der Waals surface area contributed by atoms with Crippen LogP contribution in [0.5, 0.6) is 11.5 Å². The van der Waals surface area contributed by atoms with Gasteiger partial charge in [0.2, 0.25) is 5.91 Å². The van der Waals surface area contributed by atoms with Gasteiger partial charge in [-0.2, -0.15) is 0 Å². The topological polar surface area (TPSA) is 63.3 Å². The summed E-state index contributed by atoms with van der Waals surface area (Å²) in [7, 11) is 0. The van der Waals surface area contributed by atoms with Crippen molar-refractivity contribution < 1.29 is 19.0 Å². The number of carbonyl (C=O) groups is 1. The van der Waals surface area contributed by atoms with Crippen LogP contribution in [0, 0.1) is 0 Å². The Bertz CT molecular complexity index is 943. The highest BCUT2D eigenvalue weighted by Gasteiger charge is 2.29. The maximum atomic E-state index is 13.3. The van der Waals surface area contributed by atoms with Gasteiger partial charge in [-0.3, -0.25) is 4.79 Å². The fourth-order valence-corrected chi connectivity index (χ4v) is 4.36. The normalized spacial score (nSPS) is 16.5. The zero-order valence-corrected chi connectivity index (χ0v) is 19.2. The largest absolute Gasteiger partial charge is 0.492 e. The van der Waals surface area contributed by atoms with Gasteiger partial charge in [0.25, 0.3) is 0 Å². The van der Waals surface area contributed by atoms with Crippen LogP contribution in [0.2, 0.25) is 0 Å². The molecule has 4 rings (SSSR count). The summed E-state index contributed by atoms with van der Waals surface area (Å²) in [6.07, 6.45) is 0.890. The molecule has 7 heteroatoms. The smallest absolute Gasteiger partial charge is 0.249 e. The van der Waals surface area contributed by atoms with Gasteiger partial charge in [0.15, 0.2) is 0 Å². The molecule has 0 bridgehead atoms. The van der Waals surface area contributed by atoms with E-state index in [0.29, 0.717) is 33.0 Å². The number of nitrogens with one attached hydrogen (secondary N) is 1. The van der Waals surface area contributed by atoms with Crippen molar-refractivity contribution in [2.75, 3.05) is 61.2 Å². The van der Waals surface area contributed by atoms with Gasteiger partial charge in [-0.05, 0) is 38.8 Å². The Hall–Kier alpha value is -2.93. The molecule has 0 aromatic heterocycles. The summed E-state index contributed by atoms with van der Waals surface area (Å²) >= 11 is 0. The zero-order valence-electron chi connectivity index (χ0n) is 19.2. The third-order valence-corrected chi connectivity index (χ3v) is 5.91. The number of ether oxygens (including phenoxy) is 3. The Morgan fingerprint density at radius 3 is 2.50 bits per heavy atom. The maximum absolute atomic E-state index is 13.3. The third kappa shape index (κ3) is 4.63. The first kappa shape index (κ1) is 22.3. The van der Waals surface area contributed by atoms with Crippen LogP contribution in [-0.4, -0.2) is 58.0 Å². The van der Waals surface area contributed by atoms with Crippen LogP contribution in [0.15, 0.2) is 36.4 Å². The predicted octanol–water partition coefficient (Wildman–Crippen LogP) is 3.71. The minimum Gasteiger partial charge on any atom is -0.492 e. The molecule has 1 atom stereocenters. The average molecular weight is 440 g/mol. The zero-order chi connectivity index (χ0) is 22.5. The summed E-state index contributed by atoms with van der Waals surface area (Å²) in [6.45, 7) is 10.6. The molecule has 1 unspecified atom stereocenters. The van der Waals surface area contributed by atoms with Crippen LogP contribution >= 0.6 is 0 Å². The lowest BCUT2D eigenvalue weighted by Crippen LogP contribution is -2.40. The number of fused-ring (bicyclic) bond motifs is 1. The molecule has 172 valence electrons. The lowest BCUT2D eigenvalue weighted by molar-refractivity contribution is -0.118. The second-order valence-corrected chi connectivity index (χ2v) is 8.02. The fourth-order valence-electron chi connectivity index (χ4n) is 4.36. The Morgan fingerprint density at radius 1 is 1.03 bits per heavy atom. The molecule has 1 saturated heterocycles. The third-order valence-electron chi connectivity index (χ3n) is 5.91. The molecular weight excluding hydrogens is 406 g/mol. The molecule has 2 aromatic carbocycles. The molecule has 1 amide bonds. The number of benzene rings is 2. The molecule has 2 heterocycles. The van der Waals surface area contributed by atoms with Crippen molar-refractivity contribution in [2.24, 2.45) is 0 Å². The summed E-state index contributed by atoms with van der Waals surface area (Å²) in [5, 5.41) is 3.39. The average Bonchev–Trinajstić information content (AvgIpc) is 3.25. The lowest BCUT2D eigenvalue weighted by Gasteiger charge is -2.31. The number of para-hydroxylation sites is 1. The van der Waals surface area contributed by atoms with Crippen LogP contribution in [0.3, 0.4) is 0 Å². The Kier molecular flexibility index (Phi) is 7.05. The standard InChI is InChI=1S/C25H33N3O4/c1-4-31-23-17-22(27-12-14-30-15-13-27)24(32-5-2)16-20(23)26-18(3)25(29)28-11-10-19-8-6-7-9-21(19)28/h6-9,16-18,26H,4-5,10-15H2,1-3H3. The van der Waals surface area contributed by atoms with Gasteiger partial charge in [0.1, 0.15) is 17.5 Å². The van der Waals surface area contributed by atoms with E-state index in [1.54, 1.807) is 0 Å². The first-order chi connectivity index (χ1) is 15.6. The highest BCUT2D eigenvalue weighted by molar-refractivity contribution is 6.00. The van der Waals surface area contributed by atoms with Gasteiger partial charge < -0.3 is 29.3 Å². The number of nitrogens with zero attached hydrogens (tertiary/aromatic N) is 2. The van der Waals surface area contributed by atoms with Crippen molar-refractivity contribution in [3.05, 3.63) is 42.0 Å². The van der Waals surface area contributed by atoms with Gasteiger partial charge in [-0.1, -0.05) is 18.2 Å². The van der Waals surface area contributed by atoms with Crippen LogP contribution < -0.4 is 24.6 Å². The molecular formula is C25H33N3O4. The Labute approximate surface area is 190 Å². The SMILES string of the molecule is CCOc1cc(N2CCOCC2)c(OCC)cc1NC(C)C(=O)N1CCc2ccccc21. The summed E-state index contributed by atoms with van der Waals surface area (Å²) in [4.78, 5) is 17.4. The lowest BCUT2D eigenvalue weighted by atomic mass is 10.1. The second kappa shape index (κ2) is 10.1. The van der Waals surface area contributed by atoms with Gasteiger partial charge in [0, 0.05) is 37.5 Å². The summed E-state index contributed by atoms with van der Waals surface area (Å²) in [5.74, 6) is 1.55. The van der Waals surface area contributed by atoms with E-state index < -0.39 is 6.04 Å². The summed E-state index contributed by atoms with van der Waals surface area (Å²) < 4.78 is 17.4. The first-order valence-corrected chi connectivity index (χ1v) is 11.5. The monoisotopic (exact) mass is 439 g/mol. The van der Waals surface area contributed by atoms with Crippen LogP contribution in [0.1, 0.15) is 26.3 Å². The highest BCUT2D eigenvalue weighted by atomic mass is 16.5. The van der Waals surface area contributed by atoms with Crippen LogP contribution in [0.4, 0.5) is 17.1 Å². The number of amides is 1. The number of rotatable bonds is 8. The quantitative estimate of drug-likeness (QED) is 0.677. The Morgan fingerprint density at radius 2 is 1.75 bits per heavy atom. The molecule has 0 aliphatic carbocycles. The van der Waals surface area contributed by atoms with Crippen molar-refractivity contribution in [3.63, 3.8) is 0 Å². The minimum atomic E-state index is -0.413. The molecule has 2 aromatic rings. The van der Waals surface area contributed by atoms with Crippen LogP contribution in [0.25, 0.3) is 0 Å². The second-order valence-electron chi connectivity index (χ2n) is 8.02. The van der Waals surface area contributed by atoms with Gasteiger partial charge in [0.05, 0.1) is 37.8 Å². The molecule has 2 aliphatic heterocycles. The minimum absolute atomic E-state index is 0.0487. The van der Waals surface area contributed by atoms with E-state index in [-0.39, 0.29) is 5.91 Å². The molecule has 7 nitrogen and oxygen atoms in total. The molecule has 0 saturated carbocycles. The maximum Gasteiger partial charge on any atom is 0.249 e. The van der Waals surface area contributed by atoms with E-state index in [4.69, 9.17) is 14.2 Å². The van der Waals surface area contributed by atoms with E-state index in [2.05, 4.69) is 16.3 Å². The van der Waals surface area contributed by atoms with Crippen molar-refractivity contribution >= 4 is 23.0 Å². The first-order valence-electron chi connectivity index (χ1n) is 11.5. The van der Waals surface area contributed by atoms with E-state index in [0.717, 1.165) is 48.1 Å². The van der Waals surface area contributed by atoms with Gasteiger partial charge in [-0.15, -0.1) is 0 Å². The number of morpholine rings is 1. The Balaban J connectivity index is 1.59. The van der Waals surface area contributed by atoms with Crippen molar-refractivity contribution in [1.29, 1.82) is 0 Å².